The number of methoxy groups -OCH3 is 1. The zero-order valence-corrected chi connectivity index (χ0v) is 13.8. The van der Waals surface area contributed by atoms with Crippen molar-refractivity contribution in [1.29, 1.82) is 0 Å². The minimum Gasteiger partial charge on any atom is -0.383 e. The van der Waals surface area contributed by atoms with Gasteiger partial charge in [0.1, 0.15) is 9.88 Å². The van der Waals surface area contributed by atoms with Gasteiger partial charge in [-0.2, -0.15) is 0 Å². The van der Waals surface area contributed by atoms with Crippen molar-refractivity contribution in [2.45, 2.75) is 6.92 Å². The maximum Gasteiger partial charge on any atom is 0.263 e. The van der Waals surface area contributed by atoms with Gasteiger partial charge in [0.15, 0.2) is 0 Å². The first-order chi connectivity index (χ1) is 10.2. The predicted molar refractivity (Wildman–Crippen MR) is 87.2 cm³/mol. The Bertz CT molecular complexity index is 567. The highest BCUT2D eigenvalue weighted by atomic mass is 32.1. The van der Waals surface area contributed by atoms with Crippen molar-refractivity contribution in [3.05, 3.63) is 28.1 Å². The lowest BCUT2D eigenvalue weighted by molar-refractivity contribution is 0.0957. The molecule has 5 nitrogen and oxygen atoms in total. The summed E-state index contributed by atoms with van der Waals surface area (Å²) in [5, 5.41) is 9.01. The highest BCUT2D eigenvalue weighted by molar-refractivity contribution is 7.22. The van der Waals surface area contributed by atoms with Crippen LogP contribution in [0.15, 0.2) is 17.5 Å². The summed E-state index contributed by atoms with van der Waals surface area (Å²) in [6.07, 6.45) is 0. The van der Waals surface area contributed by atoms with E-state index in [0.717, 1.165) is 28.7 Å². The molecule has 2 N–H and O–H groups in total. The van der Waals surface area contributed by atoms with Crippen LogP contribution in [0.2, 0.25) is 0 Å². The number of thiophene rings is 1. The van der Waals surface area contributed by atoms with Gasteiger partial charge in [-0.25, -0.2) is 4.98 Å². The topological polar surface area (TPSA) is 63.2 Å². The van der Waals surface area contributed by atoms with E-state index in [2.05, 4.69) is 15.6 Å². The molecule has 0 fully saturated rings. The van der Waals surface area contributed by atoms with Crippen molar-refractivity contribution >= 4 is 28.6 Å². The minimum absolute atomic E-state index is 0.0543. The van der Waals surface area contributed by atoms with Gasteiger partial charge in [0.05, 0.1) is 17.2 Å². The summed E-state index contributed by atoms with van der Waals surface area (Å²) in [5.41, 5.74) is 0.785. The standard InChI is InChI=1S/C14H19N3O2S2/c1-10-12(13(18)16-6-5-15-7-8-19-2)21-14(17-10)11-4-3-9-20-11/h3-4,9,15H,5-8H2,1-2H3,(H,16,18). The van der Waals surface area contributed by atoms with Gasteiger partial charge in [0, 0.05) is 26.7 Å². The molecule has 0 aliphatic carbocycles. The quantitative estimate of drug-likeness (QED) is 0.730. The summed E-state index contributed by atoms with van der Waals surface area (Å²) in [6.45, 7) is 4.65. The molecule has 0 aromatic carbocycles. The van der Waals surface area contributed by atoms with Gasteiger partial charge in [-0.1, -0.05) is 6.07 Å². The third-order valence-corrected chi connectivity index (χ3v) is 5.00. The van der Waals surface area contributed by atoms with Crippen LogP contribution in [0, 0.1) is 6.92 Å². The van der Waals surface area contributed by atoms with Gasteiger partial charge < -0.3 is 15.4 Å². The number of aromatic nitrogens is 1. The van der Waals surface area contributed by atoms with Crippen LogP contribution in [0.3, 0.4) is 0 Å². The normalized spacial score (nSPS) is 10.8. The third kappa shape index (κ3) is 4.60. The number of carbonyl (C=O) groups is 1. The van der Waals surface area contributed by atoms with Crippen molar-refractivity contribution in [2.75, 3.05) is 33.4 Å². The number of ether oxygens (including phenoxy) is 1. The Kier molecular flexibility index (Phi) is 6.31. The summed E-state index contributed by atoms with van der Waals surface area (Å²) in [6, 6.07) is 4.01. The van der Waals surface area contributed by atoms with Crippen molar-refractivity contribution in [2.24, 2.45) is 0 Å². The Labute approximate surface area is 132 Å². The van der Waals surface area contributed by atoms with E-state index in [4.69, 9.17) is 4.74 Å². The number of nitrogens with zero attached hydrogens (tertiary/aromatic N) is 1. The van der Waals surface area contributed by atoms with Gasteiger partial charge >= 0.3 is 0 Å². The first-order valence-corrected chi connectivity index (χ1v) is 8.41. The third-order valence-electron chi connectivity index (χ3n) is 2.81. The van der Waals surface area contributed by atoms with Crippen molar-refractivity contribution in [1.82, 2.24) is 15.6 Å². The summed E-state index contributed by atoms with van der Waals surface area (Å²) >= 11 is 3.08. The van der Waals surface area contributed by atoms with E-state index in [-0.39, 0.29) is 5.91 Å². The van der Waals surface area contributed by atoms with E-state index >= 15 is 0 Å². The average molecular weight is 325 g/mol. The molecule has 21 heavy (non-hydrogen) atoms. The monoisotopic (exact) mass is 325 g/mol. The molecule has 0 aliphatic heterocycles. The first kappa shape index (κ1) is 16.1. The number of amides is 1. The Hall–Kier alpha value is -1.28. The lowest BCUT2D eigenvalue weighted by atomic mass is 10.3. The molecule has 0 aliphatic rings. The van der Waals surface area contributed by atoms with Gasteiger partial charge in [0.25, 0.3) is 5.91 Å². The second kappa shape index (κ2) is 8.23. The van der Waals surface area contributed by atoms with E-state index in [9.17, 15) is 4.79 Å². The predicted octanol–water partition coefficient (Wildman–Crippen LogP) is 2.15. The van der Waals surface area contributed by atoms with Crippen LogP contribution in [0.4, 0.5) is 0 Å². The lowest BCUT2D eigenvalue weighted by Crippen LogP contribution is -2.33. The van der Waals surface area contributed by atoms with E-state index in [0.29, 0.717) is 18.0 Å². The zero-order valence-electron chi connectivity index (χ0n) is 12.1. The Morgan fingerprint density at radius 2 is 2.24 bits per heavy atom. The fourth-order valence-electron chi connectivity index (χ4n) is 1.76. The number of hydrogen-bond acceptors (Lipinski definition) is 6. The largest absolute Gasteiger partial charge is 0.383 e. The Balaban J connectivity index is 1.85. The van der Waals surface area contributed by atoms with Crippen LogP contribution in [-0.2, 0) is 4.74 Å². The number of nitrogens with one attached hydrogen (secondary N) is 2. The number of thiazole rings is 1. The molecule has 2 aromatic heterocycles. The van der Waals surface area contributed by atoms with Crippen LogP contribution >= 0.6 is 22.7 Å². The lowest BCUT2D eigenvalue weighted by Gasteiger charge is -2.05. The fraction of sp³-hybridized carbons (Fsp3) is 0.429. The van der Waals surface area contributed by atoms with Crippen molar-refractivity contribution in [3.8, 4) is 9.88 Å². The molecule has 2 heterocycles. The highest BCUT2D eigenvalue weighted by Crippen LogP contribution is 2.30. The smallest absolute Gasteiger partial charge is 0.263 e. The second-order valence-electron chi connectivity index (χ2n) is 4.41. The van der Waals surface area contributed by atoms with Gasteiger partial charge in [-0.15, -0.1) is 22.7 Å². The number of hydrogen-bond donors (Lipinski definition) is 2. The van der Waals surface area contributed by atoms with Crippen molar-refractivity contribution < 1.29 is 9.53 Å². The molecule has 0 bridgehead atoms. The molecular weight excluding hydrogens is 306 g/mol. The van der Waals surface area contributed by atoms with Crippen LogP contribution in [0.5, 0.6) is 0 Å². The molecule has 2 aromatic rings. The second-order valence-corrected chi connectivity index (χ2v) is 6.36. The van der Waals surface area contributed by atoms with E-state index in [1.807, 2.05) is 24.4 Å². The van der Waals surface area contributed by atoms with E-state index in [1.54, 1.807) is 18.4 Å². The summed E-state index contributed by atoms with van der Waals surface area (Å²) in [7, 11) is 1.67. The molecular formula is C14H19N3O2S2. The zero-order chi connectivity index (χ0) is 15.1. The summed E-state index contributed by atoms with van der Waals surface area (Å²) < 4.78 is 4.94. The molecule has 0 atom stereocenters. The van der Waals surface area contributed by atoms with Crippen LogP contribution in [0.1, 0.15) is 15.4 Å². The molecule has 1 amide bonds. The minimum atomic E-state index is -0.0543. The highest BCUT2D eigenvalue weighted by Gasteiger charge is 2.16. The van der Waals surface area contributed by atoms with Crippen LogP contribution < -0.4 is 10.6 Å². The molecule has 0 radical (unpaired) electrons. The molecule has 7 heteroatoms. The molecule has 0 spiro atoms. The molecule has 114 valence electrons. The van der Waals surface area contributed by atoms with E-state index < -0.39 is 0 Å². The first-order valence-electron chi connectivity index (χ1n) is 6.71. The Morgan fingerprint density at radius 1 is 1.38 bits per heavy atom. The molecule has 2 rings (SSSR count). The fourth-order valence-corrected chi connectivity index (χ4v) is 3.54. The van der Waals surface area contributed by atoms with Gasteiger partial charge in [0.2, 0.25) is 0 Å². The summed E-state index contributed by atoms with van der Waals surface area (Å²) in [5.74, 6) is -0.0543. The maximum absolute atomic E-state index is 12.1. The van der Waals surface area contributed by atoms with Crippen LogP contribution in [-0.4, -0.2) is 44.2 Å². The number of carbonyl (C=O) groups excluding carboxylic acids is 1. The number of aryl methyl sites for hydroxylation is 1. The molecule has 0 saturated heterocycles. The Morgan fingerprint density at radius 3 is 2.95 bits per heavy atom. The summed E-state index contributed by atoms with van der Waals surface area (Å²) in [4.78, 5) is 18.4. The average Bonchev–Trinajstić information content (AvgIpc) is 3.11. The van der Waals surface area contributed by atoms with Crippen LogP contribution in [0.25, 0.3) is 9.88 Å². The molecule has 0 saturated carbocycles. The molecule has 0 unspecified atom stereocenters. The maximum atomic E-state index is 12.1. The van der Waals surface area contributed by atoms with Crippen molar-refractivity contribution in [3.63, 3.8) is 0 Å². The van der Waals surface area contributed by atoms with Gasteiger partial charge in [-0.3, -0.25) is 4.79 Å². The van der Waals surface area contributed by atoms with E-state index in [1.165, 1.54) is 11.3 Å². The number of rotatable bonds is 8. The van der Waals surface area contributed by atoms with Gasteiger partial charge in [-0.05, 0) is 18.4 Å². The SMILES string of the molecule is COCCNCCNC(=O)c1sc(-c2cccs2)nc1C.